The summed E-state index contributed by atoms with van der Waals surface area (Å²) in [6, 6.07) is 9.70. The smallest absolute Gasteiger partial charge is 0.245 e. The Kier molecular flexibility index (Phi) is 17.3. The Morgan fingerprint density at radius 1 is 0.915 bits per heavy atom. The van der Waals surface area contributed by atoms with E-state index in [1.165, 1.54) is 16.7 Å². The number of thioether (sulfide) groups is 1. The molecule has 1 aromatic heterocycles. The number of carbonyl (C=O) groups excluding carboxylic acids is 7. The summed E-state index contributed by atoms with van der Waals surface area (Å²) >= 11 is 1.45. The summed E-state index contributed by atoms with van der Waals surface area (Å²) < 4.78 is 0. The van der Waals surface area contributed by atoms with Crippen LogP contribution in [-0.4, -0.2) is 106 Å². The maximum absolute atomic E-state index is 14.2. The molecule has 0 aliphatic carbocycles. The van der Waals surface area contributed by atoms with Crippen LogP contribution in [0.15, 0.2) is 65.9 Å². The van der Waals surface area contributed by atoms with Crippen molar-refractivity contribution >= 4 is 64.0 Å². The minimum absolute atomic E-state index is 0.0196. The molecule has 59 heavy (non-hydrogen) atoms. The number of aromatic nitrogens is 1. The van der Waals surface area contributed by atoms with E-state index >= 15 is 0 Å². The number of rotatable bonds is 22. The molecule has 316 valence electrons. The van der Waals surface area contributed by atoms with Gasteiger partial charge >= 0.3 is 0 Å². The zero-order valence-corrected chi connectivity index (χ0v) is 34.2. The highest BCUT2D eigenvalue weighted by Crippen LogP contribution is 2.22. The largest absolute Gasteiger partial charge is 0.370 e. The summed E-state index contributed by atoms with van der Waals surface area (Å²) in [6.45, 7) is 3.89. The molecule has 1 aliphatic rings. The van der Waals surface area contributed by atoms with Crippen LogP contribution in [-0.2, 0) is 46.4 Å². The van der Waals surface area contributed by atoms with Crippen molar-refractivity contribution in [3.63, 3.8) is 0 Å². The van der Waals surface area contributed by atoms with Crippen LogP contribution in [0.3, 0.4) is 0 Å². The maximum atomic E-state index is 14.2. The topological polar surface area (TPSA) is 287 Å². The molecule has 1 saturated heterocycles. The number of hydrogen-bond acceptors (Lipinski definition) is 9. The van der Waals surface area contributed by atoms with Crippen molar-refractivity contribution in [1.29, 1.82) is 0 Å². The number of nitrogens with two attached hydrogens (primary N) is 2. The fourth-order valence-corrected chi connectivity index (χ4v) is 7.35. The standard InChI is InChI=1S/C40H53N11O7S/c1-23(2)19-33(39(57)45-29(16-18-59-3)38(56)49-50-43)51-17-15-30(40(51)58)46-36(54)31(20-24-9-5-4-6-10-24)48-37(55)32(47-35(53)27(41)13-14-34(42)52)21-25-22-44-28-12-8-7-11-26(25)28/h4-12,22-23,27,29-33,44H,13-21,41H2,1-3H3,(H2,42,52)(H,45,57)(H,46,54)(H,47,53)(H,48,55)/t27-,29-,30+,31-,32-,33-/m0/s1. The van der Waals surface area contributed by atoms with E-state index in [0.717, 1.165) is 10.9 Å². The molecule has 7 amide bonds. The lowest BCUT2D eigenvalue weighted by atomic mass is 10.0. The van der Waals surface area contributed by atoms with Crippen molar-refractivity contribution in [3.8, 4) is 0 Å². The predicted octanol–water partition coefficient (Wildman–Crippen LogP) is 1.72. The lowest BCUT2D eigenvalue weighted by Crippen LogP contribution is -2.58. The number of nitrogens with one attached hydrogen (secondary N) is 5. The van der Waals surface area contributed by atoms with Gasteiger partial charge in [-0.2, -0.15) is 11.8 Å². The van der Waals surface area contributed by atoms with Gasteiger partial charge in [0.2, 0.25) is 41.4 Å². The Hall–Kier alpha value is -5.91. The summed E-state index contributed by atoms with van der Waals surface area (Å²) in [7, 11) is 0. The highest BCUT2D eigenvalue weighted by molar-refractivity contribution is 7.98. The molecule has 4 rings (SSSR count). The first-order valence-electron chi connectivity index (χ1n) is 19.4. The number of para-hydroxylation sites is 1. The van der Waals surface area contributed by atoms with Crippen molar-refractivity contribution in [3.05, 3.63) is 82.4 Å². The van der Waals surface area contributed by atoms with Gasteiger partial charge in [0, 0.05) is 47.8 Å². The van der Waals surface area contributed by atoms with E-state index in [-0.39, 0.29) is 57.4 Å². The summed E-state index contributed by atoms with van der Waals surface area (Å²) in [5.41, 5.74) is 22.4. The number of likely N-dealkylation sites (tertiary alicyclic amines) is 1. The number of benzene rings is 2. The molecule has 1 aliphatic heterocycles. The molecular formula is C40H53N11O7S. The minimum Gasteiger partial charge on any atom is -0.370 e. The van der Waals surface area contributed by atoms with Gasteiger partial charge in [0.25, 0.3) is 0 Å². The molecule has 0 unspecified atom stereocenters. The minimum atomic E-state index is -1.21. The molecule has 2 heterocycles. The molecule has 6 atom stereocenters. The summed E-state index contributed by atoms with van der Waals surface area (Å²) in [6.07, 6.45) is 4.07. The number of hydrogen-bond donors (Lipinski definition) is 7. The monoisotopic (exact) mass is 831 g/mol. The molecule has 9 N–H and O–H groups in total. The molecule has 19 heteroatoms. The normalized spacial score (nSPS) is 16.3. The fraction of sp³-hybridized carbons (Fsp3) is 0.475. The number of amides is 7. The maximum Gasteiger partial charge on any atom is 0.245 e. The fourth-order valence-electron chi connectivity index (χ4n) is 6.88. The second kappa shape index (κ2) is 22.3. The van der Waals surface area contributed by atoms with E-state index in [9.17, 15) is 33.6 Å². The molecule has 2 aromatic carbocycles. The highest BCUT2D eigenvalue weighted by atomic mass is 32.2. The van der Waals surface area contributed by atoms with Crippen molar-refractivity contribution in [1.82, 2.24) is 31.2 Å². The number of azide groups is 1. The highest BCUT2D eigenvalue weighted by Gasteiger charge is 2.41. The predicted molar refractivity (Wildman–Crippen MR) is 223 cm³/mol. The van der Waals surface area contributed by atoms with Crippen LogP contribution in [0.4, 0.5) is 0 Å². The van der Waals surface area contributed by atoms with Crippen LogP contribution in [0.1, 0.15) is 57.1 Å². The van der Waals surface area contributed by atoms with E-state index in [1.807, 2.05) is 44.4 Å². The van der Waals surface area contributed by atoms with Gasteiger partial charge in [0.05, 0.1) is 12.1 Å². The number of primary amides is 1. The third-order valence-corrected chi connectivity index (χ3v) is 10.6. The van der Waals surface area contributed by atoms with E-state index in [4.69, 9.17) is 17.0 Å². The molecule has 3 aromatic rings. The Morgan fingerprint density at radius 3 is 2.25 bits per heavy atom. The third-order valence-electron chi connectivity index (χ3n) is 9.98. The van der Waals surface area contributed by atoms with Gasteiger partial charge in [-0.3, -0.25) is 33.6 Å². The van der Waals surface area contributed by atoms with Gasteiger partial charge in [-0.1, -0.05) is 62.4 Å². The molecule has 18 nitrogen and oxygen atoms in total. The molecule has 1 fully saturated rings. The first kappa shape index (κ1) is 45.8. The van der Waals surface area contributed by atoms with Crippen molar-refractivity contribution in [2.45, 2.75) is 95.0 Å². The Bertz CT molecular complexity index is 2020. The molecular weight excluding hydrogens is 779 g/mol. The Labute approximate surface area is 346 Å². The van der Waals surface area contributed by atoms with E-state index in [1.54, 1.807) is 36.5 Å². The first-order valence-corrected chi connectivity index (χ1v) is 20.8. The summed E-state index contributed by atoms with van der Waals surface area (Å²) in [4.78, 5) is 100. The number of aromatic amines is 1. The SMILES string of the molecule is CSCC[C@H](NC(=O)[C@H](CC(C)C)N1CC[C@@H](NC(=O)[C@H](Cc2ccccc2)NC(=O)[C@H](Cc2c[nH]c3ccccc23)NC(=O)[C@@H](N)CCC(N)=O)C1=O)C(=O)N=[N+]=[N-]. The van der Waals surface area contributed by atoms with Crippen LogP contribution in [0, 0.1) is 5.92 Å². The summed E-state index contributed by atoms with van der Waals surface area (Å²) in [5.74, 6) is -4.15. The summed E-state index contributed by atoms with van der Waals surface area (Å²) in [5, 5.41) is 14.9. The Balaban J connectivity index is 1.56. The number of nitrogens with zero attached hydrogens (tertiary/aromatic N) is 4. The first-order chi connectivity index (χ1) is 28.2. The van der Waals surface area contributed by atoms with Crippen LogP contribution in [0.2, 0.25) is 0 Å². The van der Waals surface area contributed by atoms with Crippen molar-refractivity contribution in [2.75, 3.05) is 18.6 Å². The lowest BCUT2D eigenvalue weighted by molar-refractivity contribution is -0.141. The zero-order chi connectivity index (χ0) is 43.1. The van der Waals surface area contributed by atoms with Crippen LogP contribution in [0.25, 0.3) is 21.3 Å². The zero-order valence-electron chi connectivity index (χ0n) is 33.4. The van der Waals surface area contributed by atoms with Gasteiger partial charge in [-0.25, -0.2) is 0 Å². The van der Waals surface area contributed by atoms with Gasteiger partial charge in [-0.05, 0) is 71.4 Å². The molecule has 0 saturated carbocycles. The average molecular weight is 832 g/mol. The van der Waals surface area contributed by atoms with Crippen LogP contribution >= 0.6 is 11.8 Å². The number of carbonyl (C=O) groups is 7. The second-order valence-electron chi connectivity index (χ2n) is 14.9. The third kappa shape index (κ3) is 13.3. The Morgan fingerprint density at radius 2 is 1.58 bits per heavy atom. The van der Waals surface area contributed by atoms with Crippen LogP contribution in [0.5, 0.6) is 0 Å². The van der Waals surface area contributed by atoms with Gasteiger partial charge in [0.15, 0.2) is 0 Å². The molecule has 0 spiro atoms. The van der Waals surface area contributed by atoms with Crippen molar-refractivity contribution < 1.29 is 33.6 Å². The lowest BCUT2D eigenvalue weighted by Gasteiger charge is -2.30. The van der Waals surface area contributed by atoms with Crippen molar-refractivity contribution in [2.24, 2.45) is 22.5 Å². The second-order valence-corrected chi connectivity index (χ2v) is 15.9. The van der Waals surface area contributed by atoms with E-state index < -0.39 is 77.6 Å². The van der Waals surface area contributed by atoms with Gasteiger partial charge in [-0.15, -0.1) is 0 Å². The molecule has 0 radical (unpaired) electrons. The van der Waals surface area contributed by atoms with Crippen LogP contribution < -0.4 is 32.7 Å². The number of H-pyrrole nitrogens is 1. The average Bonchev–Trinajstić information content (AvgIpc) is 3.79. The van der Waals surface area contributed by atoms with Gasteiger partial charge < -0.3 is 42.6 Å². The molecule has 0 bridgehead atoms. The number of fused-ring (bicyclic) bond motifs is 1. The quantitative estimate of drug-likeness (QED) is 0.0440. The van der Waals surface area contributed by atoms with Gasteiger partial charge in [0.1, 0.15) is 24.2 Å². The van der Waals surface area contributed by atoms with E-state index in [2.05, 4.69) is 36.3 Å². The van der Waals surface area contributed by atoms with E-state index in [0.29, 0.717) is 16.9 Å².